The third-order valence-corrected chi connectivity index (χ3v) is 3.35. The second-order valence-electron chi connectivity index (χ2n) is 3.53. The molecule has 1 aliphatic rings. The van der Waals surface area contributed by atoms with Crippen LogP contribution in [0.5, 0.6) is 0 Å². The third-order valence-electron chi connectivity index (χ3n) is 2.33. The van der Waals surface area contributed by atoms with Gasteiger partial charge in [0.1, 0.15) is 6.61 Å². The molecule has 5 nitrogen and oxygen atoms in total. The molecule has 2 rings (SSSR count). The van der Waals surface area contributed by atoms with E-state index in [0.717, 1.165) is 9.88 Å². The van der Waals surface area contributed by atoms with Crippen LogP contribution in [0.3, 0.4) is 0 Å². The van der Waals surface area contributed by atoms with Crippen LogP contribution in [-0.4, -0.2) is 36.2 Å². The van der Waals surface area contributed by atoms with Crippen molar-refractivity contribution < 1.29 is 19.4 Å². The molecule has 1 atom stereocenters. The van der Waals surface area contributed by atoms with Gasteiger partial charge in [0.15, 0.2) is 6.10 Å². The number of thiophene rings is 1. The number of aryl methyl sites for hydroxylation is 1. The Morgan fingerprint density at radius 2 is 2.38 bits per heavy atom. The van der Waals surface area contributed by atoms with Gasteiger partial charge in [0.25, 0.3) is 5.91 Å². The van der Waals surface area contributed by atoms with Gasteiger partial charge >= 0.3 is 5.97 Å². The van der Waals surface area contributed by atoms with Crippen molar-refractivity contribution in [3.8, 4) is 0 Å². The lowest BCUT2D eigenvalue weighted by atomic mass is 10.3. The van der Waals surface area contributed by atoms with E-state index in [2.05, 4.69) is 0 Å². The van der Waals surface area contributed by atoms with Crippen molar-refractivity contribution in [3.05, 3.63) is 17.0 Å². The Labute approximate surface area is 96.2 Å². The Morgan fingerprint density at radius 1 is 1.62 bits per heavy atom. The fourth-order valence-electron chi connectivity index (χ4n) is 1.50. The molecule has 1 saturated heterocycles. The number of carbonyl (C=O) groups is 2. The fraction of sp³-hybridized carbons (Fsp3) is 0.400. The van der Waals surface area contributed by atoms with E-state index in [0.29, 0.717) is 0 Å². The highest BCUT2D eigenvalue weighted by molar-refractivity contribution is 7.16. The van der Waals surface area contributed by atoms with Gasteiger partial charge in [-0.1, -0.05) is 0 Å². The van der Waals surface area contributed by atoms with Gasteiger partial charge in [0.2, 0.25) is 0 Å². The van der Waals surface area contributed by atoms with Crippen molar-refractivity contribution >= 4 is 28.2 Å². The van der Waals surface area contributed by atoms with Crippen LogP contribution < -0.4 is 4.90 Å². The number of morpholine rings is 1. The fourth-order valence-corrected chi connectivity index (χ4v) is 2.39. The Balaban J connectivity index is 2.19. The number of hydrogen-bond acceptors (Lipinski definition) is 4. The summed E-state index contributed by atoms with van der Waals surface area (Å²) >= 11 is 1.47. The number of amides is 1. The van der Waals surface area contributed by atoms with E-state index in [9.17, 15) is 9.59 Å². The third kappa shape index (κ3) is 2.07. The number of carbonyl (C=O) groups excluding carboxylic acids is 1. The highest BCUT2D eigenvalue weighted by Gasteiger charge is 2.32. The van der Waals surface area contributed by atoms with Crippen LogP contribution in [0.4, 0.5) is 5.00 Å². The zero-order valence-electron chi connectivity index (χ0n) is 8.67. The summed E-state index contributed by atoms with van der Waals surface area (Å²) in [5, 5.41) is 9.61. The Kier molecular flexibility index (Phi) is 2.93. The summed E-state index contributed by atoms with van der Waals surface area (Å²) in [5.74, 6) is -1.23. The van der Waals surface area contributed by atoms with E-state index in [4.69, 9.17) is 9.84 Å². The first-order valence-electron chi connectivity index (χ1n) is 4.79. The van der Waals surface area contributed by atoms with Gasteiger partial charge in [0, 0.05) is 4.88 Å². The quantitative estimate of drug-likeness (QED) is 0.834. The lowest BCUT2D eigenvalue weighted by molar-refractivity contribution is -0.154. The van der Waals surface area contributed by atoms with Gasteiger partial charge < -0.3 is 9.84 Å². The topological polar surface area (TPSA) is 66.8 Å². The van der Waals surface area contributed by atoms with Crippen molar-refractivity contribution in [1.29, 1.82) is 0 Å². The first kappa shape index (κ1) is 11.1. The molecule has 0 aliphatic carbocycles. The number of carboxylic acid groups (broad SMARTS) is 1. The van der Waals surface area contributed by atoms with Crippen molar-refractivity contribution in [3.63, 3.8) is 0 Å². The van der Waals surface area contributed by atoms with Crippen molar-refractivity contribution in [2.24, 2.45) is 0 Å². The summed E-state index contributed by atoms with van der Waals surface area (Å²) in [5.41, 5.74) is 0. The molecule has 6 heteroatoms. The molecule has 16 heavy (non-hydrogen) atoms. The second kappa shape index (κ2) is 4.23. The molecule has 1 unspecified atom stereocenters. The zero-order chi connectivity index (χ0) is 11.7. The van der Waals surface area contributed by atoms with E-state index in [-0.39, 0.29) is 19.1 Å². The summed E-state index contributed by atoms with van der Waals surface area (Å²) in [4.78, 5) is 24.9. The van der Waals surface area contributed by atoms with Crippen molar-refractivity contribution in [1.82, 2.24) is 0 Å². The van der Waals surface area contributed by atoms with Gasteiger partial charge in [-0.05, 0) is 19.1 Å². The highest BCUT2D eigenvalue weighted by atomic mass is 32.1. The van der Waals surface area contributed by atoms with Crippen LogP contribution in [0.1, 0.15) is 4.88 Å². The number of anilines is 1. The van der Waals surface area contributed by atoms with E-state index in [1.54, 1.807) is 0 Å². The molecule has 86 valence electrons. The van der Waals surface area contributed by atoms with Crippen LogP contribution in [0.15, 0.2) is 12.1 Å². The largest absolute Gasteiger partial charge is 0.479 e. The molecular weight excluding hydrogens is 230 g/mol. The number of hydrogen-bond donors (Lipinski definition) is 1. The SMILES string of the molecule is Cc1ccc(N2CC(C(=O)O)OCC2=O)s1. The minimum atomic E-state index is -1.04. The standard InChI is InChI=1S/C10H11NO4S/c1-6-2-3-9(16-6)11-4-7(10(13)14)15-5-8(11)12/h2-3,7H,4-5H2,1H3,(H,13,14). The van der Waals surface area contributed by atoms with Crippen LogP contribution in [0, 0.1) is 6.92 Å². The van der Waals surface area contributed by atoms with Crippen LogP contribution >= 0.6 is 11.3 Å². The van der Waals surface area contributed by atoms with Crippen molar-refractivity contribution in [2.45, 2.75) is 13.0 Å². The molecule has 1 aliphatic heterocycles. The summed E-state index contributed by atoms with van der Waals surface area (Å²) in [6.45, 7) is 1.84. The van der Waals surface area contributed by atoms with Crippen LogP contribution in [0.2, 0.25) is 0 Å². The Morgan fingerprint density at radius 3 is 2.94 bits per heavy atom. The minimum absolute atomic E-state index is 0.0775. The zero-order valence-corrected chi connectivity index (χ0v) is 9.49. The predicted molar refractivity (Wildman–Crippen MR) is 58.8 cm³/mol. The predicted octanol–water partition coefficient (Wildman–Crippen LogP) is 0.873. The van der Waals surface area contributed by atoms with Crippen LogP contribution in [-0.2, 0) is 14.3 Å². The van der Waals surface area contributed by atoms with Gasteiger partial charge in [-0.15, -0.1) is 11.3 Å². The first-order valence-corrected chi connectivity index (χ1v) is 5.61. The summed E-state index contributed by atoms with van der Waals surface area (Å²) in [7, 11) is 0. The maximum absolute atomic E-state index is 11.6. The smallest absolute Gasteiger partial charge is 0.334 e. The van der Waals surface area contributed by atoms with Crippen molar-refractivity contribution in [2.75, 3.05) is 18.1 Å². The molecule has 1 fully saturated rings. The van der Waals surface area contributed by atoms with E-state index >= 15 is 0 Å². The first-order chi connectivity index (χ1) is 7.58. The molecule has 0 bridgehead atoms. The Hall–Kier alpha value is -1.40. The number of carboxylic acids is 1. The number of rotatable bonds is 2. The molecule has 0 saturated carbocycles. The maximum atomic E-state index is 11.6. The molecule has 1 aromatic rings. The van der Waals surface area contributed by atoms with E-state index < -0.39 is 12.1 Å². The Bertz CT molecular complexity index is 428. The molecular formula is C10H11NO4S. The highest BCUT2D eigenvalue weighted by Crippen LogP contribution is 2.27. The van der Waals surface area contributed by atoms with Gasteiger partial charge in [-0.3, -0.25) is 9.69 Å². The second-order valence-corrected chi connectivity index (χ2v) is 4.79. The van der Waals surface area contributed by atoms with Gasteiger partial charge in [-0.25, -0.2) is 4.79 Å². The molecule has 0 aromatic carbocycles. The molecule has 0 radical (unpaired) electrons. The average Bonchev–Trinajstić information content (AvgIpc) is 2.65. The minimum Gasteiger partial charge on any atom is -0.479 e. The molecule has 1 amide bonds. The molecule has 1 aromatic heterocycles. The summed E-state index contributed by atoms with van der Waals surface area (Å²) < 4.78 is 4.92. The number of aliphatic carboxylic acids is 1. The molecule has 2 heterocycles. The lowest BCUT2D eigenvalue weighted by Crippen LogP contribution is -2.49. The van der Waals surface area contributed by atoms with E-state index in [1.165, 1.54) is 16.2 Å². The maximum Gasteiger partial charge on any atom is 0.334 e. The summed E-state index contributed by atoms with van der Waals surface area (Å²) in [6.07, 6.45) is -0.930. The molecule has 1 N–H and O–H groups in total. The van der Waals surface area contributed by atoms with Gasteiger partial charge in [0.05, 0.1) is 11.5 Å². The normalized spacial score (nSPS) is 21.2. The summed E-state index contributed by atoms with van der Waals surface area (Å²) in [6, 6.07) is 3.72. The number of nitrogens with zero attached hydrogens (tertiary/aromatic N) is 1. The van der Waals surface area contributed by atoms with Gasteiger partial charge in [-0.2, -0.15) is 0 Å². The van der Waals surface area contributed by atoms with E-state index in [1.807, 2.05) is 19.1 Å². The van der Waals surface area contributed by atoms with Crippen LogP contribution in [0.25, 0.3) is 0 Å². The monoisotopic (exact) mass is 241 g/mol. The average molecular weight is 241 g/mol. The number of ether oxygens (including phenoxy) is 1. The lowest BCUT2D eigenvalue weighted by Gasteiger charge is -2.29. The molecule has 0 spiro atoms.